The van der Waals surface area contributed by atoms with Crippen molar-refractivity contribution in [1.82, 2.24) is 0 Å². The average Bonchev–Trinajstić information content (AvgIpc) is 2.23. The highest BCUT2D eigenvalue weighted by Crippen LogP contribution is 2.16. The molecule has 0 fully saturated rings. The van der Waals surface area contributed by atoms with Crippen LogP contribution in [0.3, 0.4) is 0 Å². The van der Waals surface area contributed by atoms with Crippen molar-refractivity contribution in [2.75, 3.05) is 12.4 Å². The van der Waals surface area contributed by atoms with E-state index in [9.17, 15) is 12.8 Å². The SMILES string of the molecule is Cc1ccc(OCCS(=O)(=O)C(C)C)cc1F. The number of hydrogen-bond donors (Lipinski definition) is 0. The summed E-state index contributed by atoms with van der Waals surface area (Å²) >= 11 is 0. The minimum atomic E-state index is -3.11. The molecule has 0 spiro atoms. The number of ether oxygens (including phenoxy) is 1. The predicted molar refractivity (Wildman–Crippen MR) is 65.6 cm³/mol. The highest BCUT2D eigenvalue weighted by atomic mass is 32.2. The molecule has 0 unspecified atom stereocenters. The van der Waals surface area contributed by atoms with Gasteiger partial charge in [-0.05, 0) is 32.4 Å². The van der Waals surface area contributed by atoms with Gasteiger partial charge in [-0.15, -0.1) is 0 Å². The lowest BCUT2D eigenvalue weighted by atomic mass is 10.2. The molecule has 1 aromatic carbocycles. The van der Waals surface area contributed by atoms with Crippen molar-refractivity contribution in [2.45, 2.75) is 26.0 Å². The number of hydrogen-bond acceptors (Lipinski definition) is 3. The topological polar surface area (TPSA) is 43.4 Å². The van der Waals surface area contributed by atoms with E-state index in [1.807, 2.05) is 0 Å². The van der Waals surface area contributed by atoms with E-state index >= 15 is 0 Å². The zero-order chi connectivity index (χ0) is 13.1. The molecule has 0 aliphatic heterocycles. The summed E-state index contributed by atoms with van der Waals surface area (Å²) in [4.78, 5) is 0. The third-order valence-corrected chi connectivity index (χ3v) is 4.67. The molecule has 96 valence electrons. The van der Waals surface area contributed by atoms with E-state index in [-0.39, 0.29) is 18.2 Å². The van der Waals surface area contributed by atoms with E-state index in [0.717, 1.165) is 0 Å². The molecule has 0 aliphatic carbocycles. The second-order valence-electron chi connectivity index (χ2n) is 4.18. The summed E-state index contributed by atoms with van der Waals surface area (Å²) in [7, 11) is -3.11. The fourth-order valence-corrected chi connectivity index (χ4v) is 1.96. The van der Waals surface area contributed by atoms with Crippen molar-refractivity contribution in [1.29, 1.82) is 0 Å². The first-order valence-corrected chi connectivity index (χ1v) is 7.15. The maximum atomic E-state index is 13.2. The zero-order valence-electron chi connectivity index (χ0n) is 10.2. The molecule has 0 bridgehead atoms. The summed E-state index contributed by atoms with van der Waals surface area (Å²) in [6.45, 7) is 4.95. The van der Waals surface area contributed by atoms with E-state index in [0.29, 0.717) is 11.3 Å². The molecule has 0 saturated carbocycles. The van der Waals surface area contributed by atoms with Gasteiger partial charge in [0.25, 0.3) is 0 Å². The lowest BCUT2D eigenvalue weighted by molar-refractivity contribution is 0.338. The molecular weight excluding hydrogens is 243 g/mol. The molecule has 5 heteroatoms. The van der Waals surface area contributed by atoms with Crippen molar-refractivity contribution in [2.24, 2.45) is 0 Å². The lowest BCUT2D eigenvalue weighted by Crippen LogP contribution is -2.22. The van der Waals surface area contributed by atoms with Crippen LogP contribution in [0.2, 0.25) is 0 Å². The van der Waals surface area contributed by atoms with E-state index < -0.39 is 15.1 Å². The van der Waals surface area contributed by atoms with E-state index in [2.05, 4.69) is 0 Å². The normalized spacial score (nSPS) is 11.8. The monoisotopic (exact) mass is 260 g/mol. The summed E-state index contributed by atoms with van der Waals surface area (Å²) in [5, 5.41) is -0.416. The van der Waals surface area contributed by atoms with Gasteiger partial charge in [0.15, 0.2) is 9.84 Å². The van der Waals surface area contributed by atoms with Crippen LogP contribution < -0.4 is 4.74 Å². The van der Waals surface area contributed by atoms with Crippen molar-refractivity contribution in [3.63, 3.8) is 0 Å². The molecule has 17 heavy (non-hydrogen) atoms. The van der Waals surface area contributed by atoms with E-state index in [4.69, 9.17) is 4.74 Å². The molecule has 0 N–H and O–H groups in total. The lowest BCUT2D eigenvalue weighted by Gasteiger charge is -2.09. The van der Waals surface area contributed by atoms with Crippen molar-refractivity contribution >= 4 is 9.84 Å². The summed E-state index contributed by atoms with van der Waals surface area (Å²) in [5.74, 6) is -0.0542. The Morgan fingerprint density at radius 1 is 1.35 bits per heavy atom. The Bertz CT molecular complexity index is 481. The van der Waals surface area contributed by atoms with E-state index in [1.165, 1.54) is 6.07 Å². The Morgan fingerprint density at radius 2 is 2.00 bits per heavy atom. The van der Waals surface area contributed by atoms with Crippen LogP contribution in [-0.4, -0.2) is 26.0 Å². The Kier molecular flexibility index (Phi) is 4.51. The first-order chi connectivity index (χ1) is 7.83. The molecule has 1 aromatic rings. The Morgan fingerprint density at radius 3 is 2.53 bits per heavy atom. The number of halogens is 1. The van der Waals surface area contributed by atoms with Crippen LogP contribution in [0, 0.1) is 12.7 Å². The van der Waals surface area contributed by atoms with Gasteiger partial charge in [0.05, 0.1) is 11.0 Å². The van der Waals surface area contributed by atoms with Gasteiger partial charge >= 0.3 is 0 Å². The molecule has 0 aliphatic rings. The predicted octanol–water partition coefficient (Wildman–Crippen LogP) is 2.34. The van der Waals surface area contributed by atoms with Gasteiger partial charge in [-0.1, -0.05) is 6.07 Å². The minimum Gasteiger partial charge on any atom is -0.492 e. The van der Waals surface area contributed by atoms with Crippen LogP contribution in [0.4, 0.5) is 4.39 Å². The summed E-state index contributed by atoms with van der Waals surface area (Å²) in [6, 6.07) is 4.49. The van der Waals surface area contributed by atoms with Crippen molar-refractivity contribution < 1.29 is 17.5 Å². The Labute approximate surface area is 102 Å². The number of rotatable bonds is 5. The molecule has 0 amide bonds. The molecule has 0 heterocycles. The van der Waals surface area contributed by atoms with Gasteiger partial charge in [0, 0.05) is 6.07 Å². The molecule has 0 radical (unpaired) electrons. The van der Waals surface area contributed by atoms with Gasteiger partial charge in [-0.2, -0.15) is 0 Å². The fourth-order valence-electron chi connectivity index (χ4n) is 1.17. The van der Waals surface area contributed by atoms with Crippen LogP contribution in [0.15, 0.2) is 18.2 Å². The van der Waals surface area contributed by atoms with Crippen molar-refractivity contribution in [3.05, 3.63) is 29.6 Å². The first kappa shape index (κ1) is 14.0. The summed E-state index contributed by atoms with van der Waals surface area (Å²) in [5.41, 5.74) is 0.534. The highest BCUT2D eigenvalue weighted by molar-refractivity contribution is 7.91. The molecular formula is C12H17FO3S. The number of benzene rings is 1. The number of sulfone groups is 1. The third-order valence-electron chi connectivity index (χ3n) is 2.50. The van der Waals surface area contributed by atoms with Crippen LogP contribution >= 0.6 is 0 Å². The molecule has 0 aromatic heterocycles. The van der Waals surface area contributed by atoms with Crippen LogP contribution in [0.1, 0.15) is 19.4 Å². The van der Waals surface area contributed by atoms with Crippen LogP contribution in [0.5, 0.6) is 5.75 Å². The van der Waals surface area contributed by atoms with E-state index in [1.54, 1.807) is 32.9 Å². The molecule has 0 saturated heterocycles. The fraction of sp³-hybridized carbons (Fsp3) is 0.500. The molecule has 0 atom stereocenters. The van der Waals surface area contributed by atoms with Crippen LogP contribution in [-0.2, 0) is 9.84 Å². The third kappa shape index (κ3) is 4.00. The molecule has 1 rings (SSSR count). The highest BCUT2D eigenvalue weighted by Gasteiger charge is 2.15. The number of aryl methyl sites for hydroxylation is 1. The van der Waals surface area contributed by atoms with Gasteiger partial charge < -0.3 is 4.74 Å². The van der Waals surface area contributed by atoms with Gasteiger partial charge in [-0.3, -0.25) is 0 Å². The second kappa shape index (κ2) is 5.49. The smallest absolute Gasteiger partial charge is 0.155 e. The van der Waals surface area contributed by atoms with Crippen molar-refractivity contribution in [3.8, 4) is 5.75 Å². The maximum absolute atomic E-state index is 13.2. The van der Waals surface area contributed by atoms with Crippen LogP contribution in [0.25, 0.3) is 0 Å². The minimum absolute atomic E-state index is 0.0447. The zero-order valence-corrected chi connectivity index (χ0v) is 11.1. The Hall–Kier alpha value is -1.10. The van der Waals surface area contributed by atoms with Gasteiger partial charge in [0.2, 0.25) is 0 Å². The quantitative estimate of drug-likeness (QED) is 0.816. The standard InChI is InChI=1S/C12H17FO3S/c1-9(2)17(14,15)7-6-16-11-5-4-10(3)12(13)8-11/h4-5,8-9H,6-7H2,1-3H3. The first-order valence-electron chi connectivity index (χ1n) is 5.43. The average molecular weight is 260 g/mol. The largest absolute Gasteiger partial charge is 0.492 e. The molecule has 3 nitrogen and oxygen atoms in total. The maximum Gasteiger partial charge on any atom is 0.155 e. The Balaban J connectivity index is 2.55. The van der Waals surface area contributed by atoms with Gasteiger partial charge in [0.1, 0.15) is 18.2 Å². The summed E-state index contributed by atoms with van der Waals surface area (Å²) < 4.78 is 41.4. The second-order valence-corrected chi connectivity index (χ2v) is 6.85. The van der Waals surface area contributed by atoms with Gasteiger partial charge in [-0.25, -0.2) is 12.8 Å². The summed E-state index contributed by atoms with van der Waals surface area (Å²) in [6.07, 6.45) is 0.